The Labute approximate surface area is 160 Å². The van der Waals surface area contributed by atoms with E-state index in [1.54, 1.807) is 18.4 Å². The van der Waals surface area contributed by atoms with Crippen molar-refractivity contribution in [3.8, 4) is 0 Å². The summed E-state index contributed by atoms with van der Waals surface area (Å²) in [6.07, 6.45) is 7.60. The fourth-order valence-electron chi connectivity index (χ4n) is 4.55. The van der Waals surface area contributed by atoms with Gasteiger partial charge in [0.05, 0.1) is 28.4 Å². The van der Waals surface area contributed by atoms with Crippen molar-refractivity contribution in [3.63, 3.8) is 0 Å². The van der Waals surface area contributed by atoms with Crippen molar-refractivity contribution >= 4 is 17.2 Å². The first kappa shape index (κ1) is 18.4. The summed E-state index contributed by atoms with van der Waals surface area (Å²) in [5.41, 5.74) is 0.672. The van der Waals surface area contributed by atoms with Crippen LogP contribution in [0, 0.1) is 12.8 Å². The fourth-order valence-corrected chi connectivity index (χ4v) is 5.51. The molecule has 4 rings (SSSR count). The highest BCUT2D eigenvalue weighted by Crippen LogP contribution is 2.44. The van der Waals surface area contributed by atoms with Gasteiger partial charge in [-0.3, -0.25) is 4.79 Å². The second-order valence-corrected chi connectivity index (χ2v) is 9.17. The van der Waals surface area contributed by atoms with Crippen LogP contribution in [0.15, 0.2) is 0 Å². The van der Waals surface area contributed by atoms with Crippen LogP contribution in [0.2, 0.25) is 0 Å². The van der Waals surface area contributed by atoms with Gasteiger partial charge in [-0.15, -0.1) is 11.3 Å². The largest absolute Gasteiger partial charge is 0.378 e. The van der Waals surface area contributed by atoms with Crippen LogP contribution in [0.5, 0.6) is 0 Å². The molecule has 0 radical (unpaired) electrons. The molecule has 1 aromatic rings. The number of carbonyl (C=O) groups excluding carboxylic acids is 1. The van der Waals surface area contributed by atoms with Crippen LogP contribution in [-0.4, -0.2) is 53.8 Å². The van der Waals surface area contributed by atoms with E-state index in [1.165, 1.54) is 12.8 Å². The molecular formula is C20H30N2O3S. The van der Waals surface area contributed by atoms with E-state index >= 15 is 0 Å². The summed E-state index contributed by atoms with van der Waals surface area (Å²) in [6.45, 7) is 5.69. The molecule has 2 aliphatic carbocycles. The van der Waals surface area contributed by atoms with E-state index in [-0.39, 0.29) is 23.7 Å². The minimum Gasteiger partial charge on any atom is -0.378 e. The van der Waals surface area contributed by atoms with Gasteiger partial charge in [-0.2, -0.15) is 0 Å². The van der Waals surface area contributed by atoms with Crippen LogP contribution in [0.4, 0.5) is 0 Å². The van der Waals surface area contributed by atoms with Gasteiger partial charge in [0.2, 0.25) is 0 Å². The number of methoxy groups -OCH3 is 1. The zero-order valence-corrected chi connectivity index (χ0v) is 16.9. The molecule has 1 saturated heterocycles. The van der Waals surface area contributed by atoms with Crippen molar-refractivity contribution < 1.29 is 14.3 Å². The summed E-state index contributed by atoms with van der Waals surface area (Å²) in [5, 5.41) is 1.04. The van der Waals surface area contributed by atoms with Gasteiger partial charge in [0.25, 0.3) is 5.91 Å². The Morgan fingerprint density at radius 2 is 2.15 bits per heavy atom. The third kappa shape index (κ3) is 3.32. The van der Waals surface area contributed by atoms with E-state index < -0.39 is 0 Å². The molecule has 0 N–H and O–H groups in total. The number of nitrogens with zero attached hydrogens (tertiary/aromatic N) is 2. The number of carbonyl (C=O) groups is 1. The van der Waals surface area contributed by atoms with Crippen LogP contribution in [0.25, 0.3) is 0 Å². The molecule has 3 fully saturated rings. The highest BCUT2D eigenvalue weighted by atomic mass is 32.1. The van der Waals surface area contributed by atoms with E-state index in [0.29, 0.717) is 0 Å². The quantitative estimate of drug-likeness (QED) is 0.759. The molecular weight excluding hydrogens is 348 g/mol. The number of ether oxygens (including phenoxy) is 2. The normalized spacial score (nSPS) is 31.3. The predicted octanol–water partition coefficient (Wildman–Crippen LogP) is 3.59. The summed E-state index contributed by atoms with van der Waals surface area (Å²) in [5.74, 6) is 0.907. The lowest BCUT2D eigenvalue weighted by Crippen LogP contribution is -2.53. The maximum Gasteiger partial charge on any atom is 0.266 e. The van der Waals surface area contributed by atoms with E-state index in [1.807, 2.05) is 6.92 Å². The summed E-state index contributed by atoms with van der Waals surface area (Å²) >= 11 is 1.55. The number of thiazole rings is 1. The number of likely N-dealkylation sites (tertiary alicyclic amines) is 1. The second-order valence-electron chi connectivity index (χ2n) is 8.08. The van der Waals surface area contributed by atoms with E-state index in [4.69, 9.17) is 9.47 Å². The van der Waals surface area contributed by atoms with Crippen LogP contribution in [-0.2, 0) is 15.9 Å². The average molecular weight is 379 g/mol. The molecule has 1 aromatic heterocycles. The average Bonchev–Trinajstić information content (AvgIpc) is 3.30. The molecule has 3 aliphatic rings. The number of amides is 1. The monoisotopic (exact) mass is 378 g/mol. The van der Waals surface area contributed by atoms with Crippen molar-refractivity contribution in [2.75, 3.05) is 20.3 Å². The summed E-state index contributed by atoms with van der Waals surface area (Å²) in [6, 6.07) is 0.115. The molecule has 3 unspecified atom stereocenters. The summed E-state index contributed by atoms with van der Waals surface area (Å²) in [4.78, 5) is 20.7. The first-order valence-electron chi connectivity index (χ1n) is 10.0. The molecule has 0 bridgehead atoms. The third-order valence-corrected chi connectivity index (χ3v) is 7.69. The van der Waals surface area contributed by atoms with Crippen molar-refractivity contribution in [1.29, 1.82) is 0 Å². The lowest BCUT2D eigenvalue weighted by molar-refractivity contribution is -0.0977. The maximum absolute atomic E-state index is 13.3. The Hall–Kier alpha value is -0.980. The van der Waals surface area contributed by atoms with Gasteiger partial charge >= 0.3 is 0 Å². The van der Waals surface area contributed by atoms with Crippen molar-refractivity contribution in [1.82, 2.24) is 9.88 Å². The lowest BCUT2D eigenvalue weighted by atomic mass is 9.79. The number of fused-ring (bicyclic) bond motifs is 1. The van der Waals surface area contributed by atoms with Crippen molar-refractivity contribution in [2.45, 2.75) is 76.5 Å². The van der Waals surface area contributed by atoms with E-state index in [0.717, 1.165) is 66.8 Å². The fraction of sp³-hybridized carbons (Fsp3) is 0.800. The van der Waals surface area contributed by atoms with Gasteiger partial charge in [-0.25, -0.2) is 4.98 Å². The number of aromatic nitrogens is 1. The Balaban J connectivity index is 1.51. The number of rotatable bonds is 6. The molecule has 2 heterocycles. The lowest BCUT2D eigenvalue weighted by Gasteiger charge is -2.43. The highest BCUT2D eigenvalue weighted by molar-refractivity contribution is 7.13. The van der Waals surface area contributed by atoms with Gasteiger partial charge in [0.15, 0.2) is 0 Å². The zero-order valence-electron chi connectivity index (χ0n) is 16.1. The molecule has 144 valence electrons. The van der Waals surface area contributed by atoms with Crippen molar-refractivity contribution in [2.24, 2.45) is 5.92 Å². The second kappa shape index (κ2) is 7.21. The molecule has 26 heavy (non-hydrogen) atoms. The Morgan fingerprint density at radius 3 is 2.81 bits per heavy atom. The van der Waals surface area contributed by atoms with E-state index in [9.17, 15) is 4.79 Å². The molecule has 5 nitrogen and oxygen atoms in total. The van der Waals surface area contributed by atoms with Gasteiger partial charge in [0.1, 0.15) is 4.88 Å². The van der Waals surface area contributed by atoms with Gasteiger partial charge in [0, 0.05) is 20.3 Å². The molecule has 6 heteroatoms. The molecule has 0 spiro atoms. The summed E-state index contributed by atoms with van der Waals surface area (Å²) in [7, 11) is 1.81. The molecule has 3 atom stereocenters. The van der Waals surface area contributed by atoms with Crippen LogP contribution in [0.1, 0.15) is 65.8 Å². The number of hydrogen-bond donors (Lipinski definition) is 0. The molecule has 2 saturated carbocycles. The first-order chi connectivity index (χ1) is 12.6. The minimum absolute atomic E-state index is 0.115. The molecule has 0 aromatic carbocycles. The van der Waals surface area contributed by atoms with Gasteiger partial charge < -0.3 is 14.4 Å². The minimum atomic E-state index is -0.193. The van der Waals surface area contributed by atoms with Crippen molar-refractivity contribution in [3.05, 3.63) is 15.6 Å². The zero-order chi connectivity index (χ0) is 18.3. The van der Waals surface area contributed by atoms with Gasteiger partial charge in [-0.1, -0.05) is 6.92 Å². The van der Waals surface area contributed by atoms with Crippen LogP contribution < -0.4 is 0 Å². The summed E-state index contributed by atoms with van der Waals surface area (Å²) < 4.78 is 12.2. The van der Waals surface area contributed by atoms with Gasteiger partial charge in [-0.05, 0) is 57.8 Å². The predicted molar refractivity (Wildman–Crippen MR) is 102 cm³/mol. The smallest absolute Gasteiger partial charge is 0.266 e. The third-order valence-electron chi connectivity index (χ3n) is 6.40. The highest BCUT2D eigenvalue weighted by Gasteiger charge is 2.53. The standard InChI is InChI=1S/C20H30N2O3S/c1-4-17-21-13(2)18(26-17)19(23)22-10-9-20(24-3)8-7-15(11-16(20)22)25-12-14-5-6-14/h14-16H,4-12H2,1-3H3. The Kier molecular flexibility index (Phi) is 5.10. The maximum atomic E-state index is 13.3. The van der Waals surface area contributed by atoms with Crippen LogP contribution in [0.3, 0.4) is 0 Å². The molecule has 1 aliphatic heterocycles. The SMILES string of the molecule is CCc1nc(C)c(C(=O)N2CCC3(OC)CCC(OCC4CC4)CC23)s1. The molecule has 1 amide bonds. The topological polar surface area (TPSA) is 51.7 Å². The number of aryl methyl sites for hydroxylation is 2. The number of hydrogen-bond acceptors (Lipinski definition) is 5. The Bertz CT molecular complexity index is 672. The van der Waals surface area contributed by atoms with Crippen LogP contribution >= 0.6 is 11.3 Å². The first-order valence-corrected chi connectivity index (χ1v) is 10.8. The van der Waals surface area contributed by atoms with E-state index in [2.05, 4.69) is 16.8 Å². The Morgan fingerprint density at radius 1 is 1.35 bits per heavy atom.